The predicted molar refractivity (Wildman–Crippen MR) is 130 cm³/mol. The summed E-state index contributed by atoms with van der Waals surface area (Å²) in [5.41, 5.74) is 6.91. The zero-order valence-electron chi connectivity index (χ0n) is 19.9. The van der Waals surface area contributed by atoms with Crippen molar-refractivity contribution >= 4 is 17.4 Å². The summed E-state index contributed by atoms with van der Waals surface area (Å²) in [5, 5.41) is 13.0. The molecule has 0 aliphatic carbocycles. The molecule has 0 bridgehead atoms. The van der Waals surface area contributed by atoms with E-state index < -0.39 is 22.8 Å². The first-order valence-corrected chi connectivity index (χ1v) is 11.0. The molecule has 0 saturated carbocycles. The van der Waals surface area contributed by atoms with Crippen molar-refractivity contribution in [2.24, 2.45) is 7.05 Å². The number of phenolic OH excluding ortho intramolecular Hbond substituents is 1. The van der Waals surface area contributed by atoms with Crippen LogP contribution in [0.15, 0.2) is 39.9 Å². The molecule has 9 heteroatoms. The molecule has 34 heavy (non-hydrogen) atoms. The van der Waals surface area contributed by atoms with E-state index in [-0.39, 0.29) is 17.3 Å². The van der Waals surface area contributed by atoms with Crippen molar-refractivity contribution < 1.29 is 14.6 Å². The van der Waals surface area contributed by atoms with Crippen LogP contribution in [-0.4, -0.2) is 25.7 Å². The van der Waals surface area contributed by atoms with E-state index in [0.717, 1.165) is 21.3 Å². The summed E-state index contributed by atoms with van der Waals surface area (Å²) < 4.78 is 8.29. The number of hydrogen-bond acceptors (Lipinski definition) is 6. The molecule has 0 radical (unpaired) electrons. The van der Waals surface area contributed by atoms with Crippen LogP contribution in [0.2, 0.25) is 0 Å². The molecule has 1 amide bonds. The number of aromatic nitrogens is 2. The lowest BCUT2D eigenvalue weighted by Gasteiger charge is -2.36. The average molecular weight is 465 g/mol. The third-order valence-corrected chi connectivity index (χ3v) is 6.75. The number of ether oxygens (including phenoxy) is 1. The summed E-state index contributed by atoms with van der Waals surface area (Å²) >= 11 is 0. The Bertz CT molecular complexity index is 1440. The van der Waals surface area contributed by atoms with Crippen molar-refractivity contribution in [2.75, 3.05) is 11.1 Å². The monoisotopic (exact) mass is 464 g/mol. The Morgan fingerprint density at radius 1 is 1.12 bits per heavy atom. The predicted octanol–water partition coefficient (Wildman–Crippen LogP) is 2.47. The molecule has 4 rings (SSSR count). The van der Waals surface area contributed by atoms with Gasteiger partial charge < -0.3 is 20.9 Å². The molecule has 0 fully saturated rings. The fourth-order valence-electron chi connectivity index (χ4n) is 4.33. The molecule has 178 valence electrons. The van der Waals surface area contributed by atoms with Gasteiger partial charge >= 0.3 is 5.69 Å². The lowest BCUT2D eigenvalue weighted by atomic mass is 9.86. The first kappa shape index (κ1) is 23.2. The SMILES string of the molecule is Cc1c(C)c2c(c(C)c1O)CCC(C)(C(=O)Nc1c(N)n(-c3ccccc3)c(=O)n(C)c1=O)O2. The molecule has 1 aromatic heterocycles. The smallest absolute Gasteiger partial charge is 0.337 e. The fraction of sp³-hybridized carbons (Fsp3) is 0.320. The number of nitrogen functional groups attached to an aromatic ring is 1. The number of para-hydroxylation sites is 1. The maximum atomic E-state index is 13.4. The van der Waals surface area contributed by atoms with E-state index in [9.17, 15) is 19.5 Å². The highest BCUT2D eigenvalue weighted by atomic mass is 16.5. The van der Waals surface area contributed by atoms with Crippen LogP contribution in [0.5, 0.6) is 11.5 Å². The minimum absolute atomic E-state index is 0.166. The van der Waals surface area contributed by atoms with Gasteiger partial charge in [-0.25, -0.2) is 9.36 Å². The number of rotatable bonds is 3. The normalized spacial score (nSPS) is 17.1. The van der Waals surface area contributed by atoms with Crippen LogP contribution in [0.25, 0.3) is 5.69 Å². The summed E-state index contributed by atoms with van der Waals surface area (Å²) in [6.07, 6.45) is 0.837. The minimum atomic E-state index is -1.29. The first-order chi connectivity index (χ1) is 16.0. The third kappa shape index (κ3) is 3.44. The van der Waals surface area contributed by atoms with Crippen LogP contribution >= 0.6 is 0 Å². The topological polar surface area (TPSA) is 129 Å². The lowest BCUT2D eigenvalue weighted by molar-refractivity contribution is -0.131. The van der Waals surface area contributed by atoms with Crippen LogP contribution in [0.4, 0.5) is 11.5 Å². The largest absolute Gasteiger partial charge is 0.507 e. The number of amides is 1. The van der Waals surface area contributed by atoms with Crippen molar-refractivity contribution in [3.8, 4) is 17.2 Å². The van der Waals surface area contributed by atoms with Gasteiger partial charge in [0.25, 0.3) is 11.5 Å². The van der Waals surface area contributed by atoms with Gasteiger partial charge in [-0.05, 0) is 62.9 Å². The van der Waals surface area contributed by atoms with Crippen LogP contribution < -0.4 is 27.0 Å². The Morgan fingerprint density at radius 2 is 1.76 bits per heavy atom. The summed E-state index contributed by atoms with van der Waals surface area (Å²) in [7, 11) is 1.33. The first-order valence-electron chi connectivity index (χ1n) is 11.0. The van der Waals surface area contributed by atoms with E-state index in [1.165, 1.54) is 11.6 Å². The second-order valence-electron chi connectivity index (χ2n) is 8.90. The van der Waals surface area contributed by atoms with E-state index >= 15 is 0 Å². The number of nitrogens with two attached hydrogens (primary N) is 1. The van der Waals surface area contributed by atoms with Crippen molar-refractivity contribution in [1.82, 2.24) is 9.13 Å². The summed E-state index contributed by atoms with van der Waals surface area (Å²) in [6, 6.07) is 8.63. The van der Waals surface area contributed by atoms with E-state index in [0.29, 0.717) is 29.8 Å². The van der Waals surface area contributed by atoms with Gasteiger partial charge in [0.1, 0.15) is 23.0 Å². The molecule has 1 unspecified atom stereocenters. The van der Waals surface area contributed by atoms with Crippen LogP contribution in [0, 0.1) is 20.8 Å². The van der Waals surface area contributed by atoms with Crippen LogP contribution in [0.1, 0.15) is 35.6 Å². The highest BCUT2D eigenvalue weighted by Crippen LogP contribution is 2.43. The molecule has 1 aliphatic heterocycles. The van der Waals surface area contributed by atoms with Gasteiger partial charge in [-0.1, -0.05) is 18.2 Å². The fourth-order valence-corrected chi connectivity index (χ4v) is 4.33. The van der Waals surface area contributed by atoms with Gasteiger partial charge in [0.15, 0.2) is 5.60 Å². The number of nitrogens with one attached hydrogen (secondary N) is 1. The van der Waals surface area contributed by atoms with Gasteiger partial charge in [-0.15, -0.1) is 0 Å². The number of nitrogens with zero attached hydrogens (tertiary/aromatic N) is 2. The molecular formula is C25H28N4O5. The zero-order valence-corrected chi connectivity index (χ0v) is 19.9. The summed E-state index contributed by atoms with van der Waals surface area (Å²) in [4.78, 5) is 39.1. The van der Waals surface area contributed by atoms with Crippen molar-refractivity contribution in [3.63, 3.8) is 0 Å². The number of anilines is 2. The van der Waals surface area contributed by atoms with E-state index in [4.69, 9.17) is 10.5 Å². The molecule has 2 heterocycles. The molecule has 4 N–H and O–H groups in total. The summed E-state index contributed by atoms with van der Waals surface area (Å²) in [5.74, 6) is 0.0717. The van der Waals surface area contributed by atoms with Gasteiger partial charge in [0, 0.05) is 19.0 Å². The van der Waals surface area contributed by atoms with Gasteiger partial charge in [0.2, 0.25) is 0 Å². The highest BCUT2D eigenvalue weighted by Gasteiger charge is 2.41. The molecule has 0 saturated heterocycles. The molecule has 1 aliphatic rings. The Hall–Kier alpha value is -4.01. The maximum Gasteiger partial charge on any atom is 0.337 e. The van der Waals surface area contributed by atoms with Crippen molar-refractivity contribution in [2.45, 2.75) is 46.1 Å². The molecule has 0 spiro atoms. The second-order valence-corrected chi connectivity index (χ2v) is 8.90. The number of hydrogen-bond donors (Lipinski definition) is 3. The van der Waals surface area contributed by atoms with Crippen LogP contribution in [-0.2, 0) is 18.3 Å². The number of benzene rings is 2. The Labute approximate surface area is 196 Å². The second kappa shape index (κ2) is 8.09. The van der Waals surface area contributed by atoms with Crippen molar-refractivity contribution in [1.29, 1.82) is 0 Å². The molecule has 3 aromatic rings. The van der Waals surface area contributed by atoms with E-state index in [1.807, 2.05) is 13.8 Å². The Morgan fingerprint density at radius 3 is 2.41 bits per heavy atom. The number of carbonyl (C=O) groups is 1. The Kier molecular flexibility index (Phi) is 5.51. The third-order valence-electron chi connectivity index (χ3n) is 6.75. The van der Waals surface area contributed by atoms with Crippen LogP contribution in [0.3, 0.4) is 0 Å². The van der Waals surface area contributed by atoms with E-state index in [2.05, 4.69) is 5.32 Å². The molecule has 2 aromatic carbocycles. The Balaban J connectivity index is 1.75. The molecule has 9 nitrogen and oxygen atoms in total. The quantitative estimate of drug-likeness (QED) is 0.546. The standard InChI is InChI=1S/C25H28N4O5/c1-13-14(2)20-17(15(3)19(13)30)11-12-25(4,34-20)23(32)27-18-21(26)29(16-9-7-6-8-10-16)24(33)28(5)22(18)31/h6-10,30H,11-12,26H2,1-5H3,(H,27,32). The lowest BCUT2D eigenvalue weighted by Crippen LogP contribution is -2.50. The van der Waals surface area contributed by atoms with Gasteiger partial charge in [-0.2, -0.15) is 0 Å². The number of aromatic hydroxyl groups is 1. The minimum Gasteiger partial charge on any atom is -0.507 e. The number of carbonyl (C=O) groups excluding carboxylic acids is 1. The van der Waals surface area contributed by atoms with E-state index in [1.54, 1.807) is 44.2 Å². The molecule has 1 atom stereocenters. The number of fused-ring (bicyclic) bond motifs is 1. The highest BCUT2D eigenvalue weighted by molar-refractivity contribution is 5.99. The van der Waals surface area contributed by atoms with Crippen molar-refractivity contribution in [3.05, 3.63) is 73.4 Å². The number of phenols is 1. The van der Waals surface area contributed by atoms with Gasteiger partial charge in [-0.3, -0.25) is 14.2 Å². The summed E-state index contributed by atoms with van der Waals surface area (Å²) in [6.45, 7) is 7.10. The average Bonchev–Trinajstić information content (AvgIpc) is 2.83. The van der Waals surface area contributed by atoms with Gasteiger partial charge in [0.05, 0.1) is 5.69 Å². The maximum absolute atomic E-state index is 13.4. The molecular weight excluding hydrogens is 436 g/mol. The zero-order chi connectivity index (χ0) is 24.9.